The lowest BCUT2D eigenvalue weighted by molar-refractivity contribution is -0.122. The summed E-state index contributed by atoms with van der Waals surface area (Å²) in [4.78, 5) is 26.1. The summed E-state index contributed by atoms with van der Waals surface area (Å²) in [5, 5.41) is 2.72. The van der Waals surface area contributed by atoms with Gasteiger partial charge in [-0.2, -0.15) is 0 Å². The Morgan fingerprint density at radius 3 is 2.43 bits per heavy atom. The van der Waals surface area contributed by atoms with Crippen LogP contribution in [0.15, 0.2) is 53.0 Å². The van der Waals surface area contributed by atoms with Crippen molar-refractivity contribution in [1.82, 2.24) is 0 Å². The highest BCUT2D eigenvalue weighted by Crippen LogP contribution is 2.27. The number of nitrogens with one attached hydrogen (secondary N) is 1. The number of carbonyl (C=O) groups excluding carboxylic acids is 2. The fourth-order valence-electron chi connectivity index (χ4n) is 2.53. The molecule has 1 aliphatic heterocycles. The van der Waals surface area contributed by atoms with E-state index in [1.807, 2.05) is 24.3 Å². The third-order valence-corrected chi connectivity index (χ3v) is 4.27. The Hall–Kier alpha value is -2.21. The lowest BCUT2D eigenvalue weighted by atomic mass is 10.1. The van der Waals surface area contributed by atoms with E-state index in [4.69, 9.17) is 0 Å². The van der Waals surface area contributed by atoms with Gasteiger partial charge in [0, 0.05) is 28.8 Å². The van der Waals surface area contributed by atoms with Crippen molar-refractivity contribution in [2.45, 2.75) is 6.42 Å². The number of nitrogens with zero attached hydrogens (tertiary/aromatic N) is 1. The van der Waals surface area contributed by atoms with E-state index >= 15 is 0 Å². The molecule has 1 atom stereocenters. The molecule has 23 heavy (non-hydrogen) atoms. The first-order valence-corrected chi connectivity index (χ1v) is 7.94. The summed E-state index contributed by atoms with van der Waals surface area (Å²) in [6.45, 7) is 0.341. The first-order valence-electron chi connectivity index (χ1n) is 7.15. The molecular formula is C17H14BrFN2O2. The zero-order valence-corrected chi connectivity index (χ0v) is 13.7. The summed E-state index contributed by atoms with van der Waals surface area (Å²) in [5.74, 6) is -1.09. The first kappa shape index (κ1) is 15.7. The Bertz CT molecular complexity index is 731. The summed E-state index contributed by atoms with van der Waals surface area (Å²) in [6, 6.07) is 12.9. The number of carbonyl (C=O) groups is 2. The minimum atomic E-state index is -0.420. The van der Waals surface area contributed by atoms with E-state index in [0.29, 0.717) is 12.2 Å². The van der Waals surface area contributed by atoms with Gasteiger partial charge in [0.2, 0.25) is 11.8 Å². The maximum atomic E-state index is 12.9. The molecule has 1 saturated heterocycles. The van der Waals surface area contributed by atoms with Crippen molar-refractivity contribution in [3.05, 3.63) is 58.8 Å². The molecule has 3 rings (SSSR count). The third-order valence-electron chi connectivity index (χ3n) is 3.75. The van der Waals surface area contributed by atoms with E-state index in [-0.39, 0.29) is 24.1 Å². The molecule has 1 heterocycles. The van der Waals surface area contributed by atoms with Crippen molar-refractivity contribution in [2.75, 3.05) is 16.8 Å². The highest BCUT2D eigenvalue weighted by molar-refractivity contribution is 9.10. The molecule has 0 spiro atoms. The average Bonchev–Trinajstić information content (AvgIpc) is 2.92. The average molecular weight is 377 g/mol. The van der Waals surface area contributed by atoms with E-state index in [0.717, 1.165) is 10.2 Å². The number of hydrogen-bond donors (Lipinski definition) is 1. The topological polar surface area (TPSA) is 49.4 Å². The van der Waals surface area contributed by atoms with Gasteiger partial charge in [0.05, 0.1) is 5.92 Å². The van der Waals surface area contributed by atoms with Crippen LogP contribution in [0.1, 0.15) is 6.42 Å². The largest absolute Gasteiger partial charge is 0.326 e. The maximum absolute atomic E-state index is 12.9. The normalized spacial score (nSPS) is 17.4. The fourth-order valence-corrected chi connectivity index (χ4v) is 2.80. The molecule has 4 nitrogen and oxygen atoms in total. The number of rotatable bonds is 3. The Morgan fingerprint density at radius 2 is 1.78 bits per heavy atom. The van der Waals surface area contributed by atoms with Crippen LogP contribution in [0.5, 0.6) is 0 Å². The molecule has 118 valence electrons. The molecule has 1 N–H and O–H groups in total. The Kier molecular flexibility index (Phi) is 4.43. The molecule has 0 aliphatic carbocycles. The predicted molar refractivity (Wildman–Crippen MR) is 89.6 cm³/mol. The van der Waals surface area contributed by atoms with Crippen LogP contribution in [-0.4, -0.2) is 18.4 Å². The van der Waals surface area contributed by atoms with Crippen LogP contribution in [0.4, 0.5) is 15.8 Å². The third kappa shape index (κ3) is 3.59. The van der Waals surface area contributed by atoms with Crippen molar-refractivity contribution in [1.29, 1.82) is 0 Å². The van der Waals surface area contributed by atoms with Crippen molar-refractivity contribution in [2.24, 2.45) is 5.92 Å². The predicted octanol–water partition coefficient (Wildman–Crippen LogP) is 3.58. The molecule has 0 bridgehead atoms. The van der Waals surface area contributed by atoms with E-state index in [9.17, 15) is 14.0 Å². The molecule has 0 aromatic heterocycles. The van der Waals surface area contributed by atoms with Gasteiger partial charge in [0.25, 0.3) is 0 Å². The highest BCUT2D eigenvalue weighted by atomic mass is 79.9. The second-order valence-electron chi connectivity index (χ2n) is 5.38. The fraction of sp³-hybridized carbons (Fsp3) is 0.176. The van der Waals surface area contributed by atoms with Crippen LogP contribution >= 0.6 is 15.9 Å². The second-order valence-corrected chi connectivity index (χ2v) is 6.29. The van der Waals surface area contributed by atoms with Gasteiger partial charge in [-0.15, -0.1) is 0 Å². The van der Waals surface area contributed by atoms with Crippen LogP contribution < -0.4 is 10.2 Å². The molecule has 2 aromatic carbocycles. The van der Waals surface area contributed by atoms with Gasteiger partial charge in [-0.3, -0.25) is 9.59 Å². The minimum Gasteiger partial charge on any atom is -0.326 e. The smallest absolute Gasteiger partial charge is 0.229 e. The van der Waals surface area contributed by atoms with Crippen LogP contribution in [0.2, 0.25) is 0 Å². The molecule has 0 saturated carbocycles. The number of benzene rings is 2. The van der Waals surface area contributed by atoms with E-state index < -0.39 is 5.92 Å². The molecule has 2 aromatic rings. The lowest BCUT2D eigenvalue weighted by Crippen LogP contribution is -2.28. The summed E-state index contributed by atoms with van der Waals surface area (Å²) < 4.78 is 13.8. The van der Waals surface area contributed by atoms with Gasteiger partial charge >= 0.3 is 0 Å². The van der Waals surface area contributed by atoms with Crippen LogP contribution in [-0.2, 0) is 9.59 Å². The van der Waals surface area contributed by atoms with Gasteiger partial charge in [0.15, 0.2) is 0 Å². The first-order chi connectivity index (χ1) is 11.0. The second kappa shape index (κ2) is 6.50. The van der Waals surface area contributed by atoms with Crippen molar-refractivity contribution >= 4 is 39.1 Å². The Labute approximate surface area is 141 Å². The van der Waals surface area contributed by atoms with Crippen molar-refractivity contribution in [3.8, 4) is 0 Å². The SMILES string of the molecule is O=C(Nc1ccc(F)cc1)[C@H]1CC(=O)N(c2ccc(Br)cc2)C1. The van der Waals surface area contributed by atoms with Crippen molar-refractivity contribution < 1.29 is 14.0 Å². The van der Waals surface area contributed by atoms with Crippen LogP contribution in [0.3, 0.4) is 0 Å². The number of halogens is 2. The van der Waals surface area contributed by atoms with Gasteiger partial charge in [-0.25, -0.2) is 4.39 Å². The zero-order valence-electron chi connectivity index (χ0n) is 12.1. The quantitative estimate of drug-likeness (QED) is 0.889. The molecule has 0 radical (unpaired) electrons. The minimum absolute atomic E-state index is 0.0772. The van der Waals surface area contributed by atoms with E-state index in [2.05, 4.69) is 21.2 Å². The number of anilines is 2. The Morgan fingerprint density at radius 1 is 1.13 bits per heavy atom. The van der Waals surface area contributed by atoms with E-state index in [1.54, 1.807) is 4.90 Å². The highest BCUT2D eigenvalue weighted by Gasteiger charge is 2.35. The number of amides is 2. The van der Waals surface area contributed by atoms with Gasteiger partial charge in [0.1, 0.15) is 5.82 Å². The molecule has 2 amide bonds. The Balaban J connectivity index is 1.68. The molecule has 6 heteroatoms. The number of hydrogen-bond acceptors (Lipinski definition) is 2. The molecule has 0 unspecified atom stereocenters. The van der Waals surface area contributed by atoms with Gasteiger partial charge in [-0.05, 0) is 48.5 Å². The molecular weight excluding hydrogens is 363 g/mol. The summed E-state index contributed by atoms with van der Waals surface area (Å²) >= 11 is 3.35. The summed E-state index contributed by atoms with van der Waals surface area (Å²) in [6.07, 6.45) is 0.170. The monoisotopic (exact) mass is 376 g/mol. The van der Waals surface area contributed by atoms with Gasteiger partial charge < -0.3 is 10.2 Å². The van der Waals surface area contributed by atoms with Crippen molar-refractivity contribution in [3.63, 3.8) is 0 Å². The molecule has 1 aliphatic rings. The van der Waals surface area contributed by atoms with Crippen LogP contribution in [0.25, 0.3) is 0 Å². The lowest BCUT2D eigenvalue weighted by Gasteiger charge is -2.16. The van der Waals surface area contributed by atoms with E-state index in [1.165, 1.54) is 24.3 Å². The maximum Gasteiger partial charge on any atom is 0.229 e. The zero-order chi connectivity index (χ0) is 16.4. The van der Waals surface area contributed by atoms with Gasteiger partial charge in [-0.1, -0.05) is 15.9 Å². The van der Waals surface area contributed by atoms with Crippen LogP contribution in [0, 0.1) is 11.7 Å². The molecule has 1 fully saturated rings. The summed E-state index contributed by atoms with van der Waals surface area (Å²) in [7, 11) is 0. The summed E-state index contributed by atoms with van der Waals surface area (Å²) in [5.41, 5.74) is 1.29. The standard InChI is InChI=1S/C17H14BrFN2O2/c18-12-1-7-15(8-2-12)21-10-11(9-16(21)22)17(23)20-14-5-3-13(19)4-6-14/h1-8,11H,9-10H2,(H,20,23)/t11-/m0/s1.